The smallest absolute Gasteiger partial charge is 0.165 e. The lowest BCUT2D eigenvalue weighted by atomic mass is 10.1. The van der Waals surface area contributed by atoms with E-state index in [-0.39, 0.29) is 23.5 Å². The van der Waals surface area contributed by atoms with E-state index in [1.165, 1.54) is 24.3 Å². The first-order valence-corrected chi connectivity index (χ1v) is 6.39. The van der Waals surface area contributed by atoms with Gasteiger partial charge in [0, 0.05) is 12.1 Å². The molecule has 0 heterocycles. The Morgan fingerprint density at radius 1 is 1.24 bits per heavy atom. The van der Waals surface area contributed by atoms with Gasteiger partial charge in [-0.15, -0.1) is 0 Å². The van der Waals surface area contributed by atoms with Crippen LogP contribution >= 0.6 is 0 Å². The van der Waals surface area contributed by atoms with E-state index in [0.29, 0.717) is 6.54 Å². The Morgan fingerprint density at radius 2 is 2.05 bits per heavy atom. The van der Waals surface area contributed by atoms with Crippen LogP contribution in [-0.4, -0.2) is 7.05 Å². The number of hydrogen-bond acceptors (Lipinski definition) is 3. The second-order valence-corrected chi connectivity index (χ2v) is 4.47. The first-order valence-electron chi connectivity index (χ1n) is 6.39. The van der Waals surface area contributed by atoms with Gasteiger partial charge < -0.3 is 10.1 Å². The molecule has 21 heavy (non-hydrogen) atoms. The minimum atomic E-state index is -0.632. The van der Waals surface area contributed by atoms with Gasteiger partial charge in [0.25, 0.3) is 0 Å². The zero-order valence-corrected chi connectivity index (χ0v) is 11.5. The van der Waals surface area contributed by atoms with Crippen molar-refractivity contribution >= 4 is 0 Å². The van der Waals surface area contributed by atoms with Crippen molar-refractivity contribution in [3.05, 3.63) is 64.7 Å². The normalized spacial score (nSPS) is 10.2. The third kappa shape index (κ3) is 3.56. The Labute approximate surface area is 121 Å². The number of rotatable bonds is 5. The second kappa shape index (κ2) is 6.82. The molecule has 2 rings (SSSR count). The first-order chi connectivity index (χ1) is 10.2. The Hall–Kier alpha value is -2.45. The van der Waals surface area contributed by atoms with Crippen LogP contribution in [0, 0.1) is 23.0 Å². The zero-order chi connectivity index (χ0) is 15.2. The van der Waals surface area contributed by atoms with E-state index in [0.717, 1.165) is 5.56 Å². The third-order valence-corrected chi connectivity index (χ3v) is 2.96. The van der Waals surface area contributed by atoms with E-state index in [4.69, 9.17) is 10.00 Å². The number of nitriles is 1. The fraction of sp³-hybridized carbons (Fsp3) is 0.188. The van der Waals surface area contributed by atoms with Crippen LogP contribution in [0.5, 0.6) is 5.75 Å². The summed E-state index contributed by atoms with van der Waals surface area (Å²) in [6, 6.07) is 10.8. The van der Waals surface area contributed by atoms with Crippen molar-refractivity contribution in [1.29, 1.82) is 5.26 Å². The van der Waals surface area contributed by atoms with Crippen molar-refractivity contribution in [3.63, 3.8) is 0 Å². The van der Waals surface area contributed by atoms with Crippen molar-refractivity contribution in [3.8, 4) is 11.8 Å². The molecule has 1 N–H and O–H groups in total. The molecule has 0 amide bonds. The molecule has 0 saturated carbocycles. The van der Waals surface area contributed by atoms with Gasteiger partial charge in [0.1, 0.15) is 18.5 Å². The average Bonchev–Trinajstić information content (AvgIpc) is 2.48. The molecule has 0 unspecified atom stereocenters. The molecule has 0 aliphatic rings. The van der Waals surface area contributed by atoms with Crippen molar-refractivity contribution in [1.82, 2.24) is 5.32 Å². The number of nitrogens with one attached hydrogen (secondary N) is 1. The zero-order valence-electron chi connectivity index (χ0n) is 11.5. The van der Waals surface area contributed by atoms with Gasteiger partial charge >= 0.3 is 0 Å². The highest BCUT2D eigenvalue weighted by molar-refractivity contribution is 5.35. The summed E-state index contributed by atoms with van der Waals surface area (Å²) in [5, 5.41) is 11.7. The number of ether oxygens (including phenoxy) is 1. The standard InChI is InChI=1S/C16H14F2N2O/c1-20-9-11-5-6-15(14(17)7-11)21-10-13-4-2-3-12(8-19)16(13)18/h2-7,20H,9-10H2,1H3. The van der Waals surface area contributed by atoms with Crippen LogP contribution in [0.2, 0.25) is 0 Å². The molecule has 0 aromatic heterocycles. The number of nitrogens with zero attached hydrogens (tertiary/aromatic N) is 1. The molecule has 0 spiro atoms. The number of halogens is 2. The lowest BCUT2D eigenvalue weighted by molar-refractivity contribution is 0.284. The molecule has 2 aromatic rings. The van der Waals surface area contributed by atoms with E-state index >= 15 is 0 Å². The van der Waals surface area contributed by atoms with Crippen LogP contribution in [0.25, 0.3) is 0 Å². The molecule has 0 atom stereocenters. The molecule has 5 heteroatoms. The second-order valence-electron chi connectivity index (χ2n) is 4.47. The number of hydrogen-bond donors (Lipinski definition) is 1. The maximum absolute atomic E-state index is 13.8. The fourth-order valence-electron chi connectivity index (χ4n) is 1.91. The third-order valence-electron chi connectivity index (χ3n) is 2.96. The summed E-state index contributed by atoms with van der Waals surface area (Å²) < 4.78 is 33.0. The maximum Gasteiger partial charge on any atom is 0.165 e. The summed E-state index contributed by atoms with van der Waals surface area (Å²) in [6.07, 6.45) is 0. The fourth-order valence-corrected chi connectivity index (χ4v) is 1.91. The molecule has 0 fully saturated rings. The van der Waals surface area contributed by atoms with Crippen LogP contribution in [0.1, 0.15) is 16.7 Å². The molecule has 0 aliphatic heterocycles. The van der Waals surface area contributed by atoms with Gasteiger partial charge in [-0.3, -0.25) is 0 Å². The largest absolute Gasteiger partial charge is 0.486 e. The van der Waals surface area contributed by atoms with Gasteiger partial charge in [0.05, 0.1) is 5.56 Å². The van der Waals surface area contributed by atoms with Crippen molar-refractivity contribution in [2.75, 3.05) is 7.05 Å². The van der Waals surface area contributed by atoms with E-state index < -0.39 is 11.6 Å². The summed E-state index contributed by atoms with van der Waals surface area (Å²) in [5.74, 6) is -1.08. The van der Waals surface area contributed by atoms with Gasteiger partial charge in [-0.1, -0.05) is 18.2 Å². The summed E-state index contributed by atoms with van der Waals surface area (Å²) in [4.78, 5) is 0. The highest BCUT2D eigenvalue weighted by Crippen LogP contribution is 2.21. The molecular formula is C16H14F2N2O. The molecule has 0 saturated heterocycles. The SMILES string of the molecule is CNCc1ccc(OCc2cccc(C#N)c2F)c(F)c1. The Kier molecular flexibility index (Phi) is 4.85. The lowest BCUT2D eigenvalue weighted by Crippen LogP contribution is -2.06. The van der Waals surface area contributed by atoms with Gasteiger partial charge in [-0.2, -0.15) is 5.26 Å². The van der Waals surface area contributed by atoms with Gasteiger partial charge in [-0.25, -0.2) is 8.78 Å². The summed E-state index contributed by atoms with van der Waals surface area (Å²) in [5.41, 5.74) is 0.952. The molecule has 3 nitrogen and oxygen atoms in total. The number of benzene rings is 2. The summed E-state index contributed by atoms with van der Waals surface area (Å²) in [6.45, 7) is 0.416. The quantitative estimate of drug-likeness (QED) is 0.919. The van der Waals surface area contributed by atoms with Crippen LogP contribution in [0.3, 0.4) is 0 Å². The minimum Gasteiger partial charge on any atom is -0.486 e. The van der Waals surface area contributed by atoms with E-state index in [1.807, 2.05) is 0 Å². The maximum atomic E-state index is 13.8. The van der Waals surface area contributed by atoms with Crippen LogP contribution in [0.4, 0.5) is 8.78 Å². The predicted octanol–water partition coefficient (Wildman–Crippen LogP) is 3.13. The minimum absolute atomic E-state index is 0.0524. The molecule has 0 bridgehead atoms. The Morgan fingerprint density at radius 3 is 2.71 bits per heavy atom. The van der Waals surface area contributed by atoms with Crippen LogP contribution in [0.15, 0.2) is 36.4 Å². The van der Waals surface area contributed by atoms with Crippen molar-refractivity contribution < 1.29 is 13.5 Å². The van der Waals surface area contributed by atoms with E-state index in [9.17, 15) is 8.78 Å². The van der Waals surface area contributed by atoms with Gasteiger partial charge in [-0.05, 0) is 30.8 Å². The van der Waals surface area contributed by atoms with E-state index in [1.54, 1.807) is 25.2 Å². The van der Waals surface area contributed by atoms with Gasteiger partial charge in [0.15, 0.2) is 11.6 Å². The van der Waals surface area contributed by atoms with Crippen LogP contribution in [-0.2, 0) is 13.2 Å². The Balaban J connectivity index is 2.12. The highest BCUT2D eigenvalue weighted by atomic mass is 19.1. The summed E-state index contributed by atoms with van der Waals surface area (Å²) >= 11 is 0. The topological polar surface area (TPSA) is 45.0 Å². The predicted molar refractivity (Wildman–Crippen MR) is 74.6 cm³/mol. The lowest BCUT2D eigenvalue weighted by Gasteiger charge is -2.10. The molecular weight excluding hydrogens is 274 g/mol. The average molecular weight is 288 g/mol. The van der Waals surface area contributed by atoms with Gasteiger partial charge in [0.2, 0.25) is 0 Å². The van der Waals surface area contributed by atoms with Crippen molar-refractivity contribution in [2.24, 2.45) is 0 Å². The summed E-state index contributed by atoms with van der Waals surface area (Å²) in [7, 11) is 1.77. The highest BCUT2D eigenvalue weighted by Gasteiger charge is 2.10. The van der Waals surface area contributed by atoms with Crippen molar-refractivity contribution in [2.45, 2.75) is 13.2 Å². The molecule has 108 valence electrons. The molecule has 2 aromatic carbocycles. The Bertz CT molecular complexity index is 680. The monoisotopic (exact) mass is 288 g/mol. The van der Waals surface area contributed by atoms with Crippen LogP contribution < -0.4 is 10.1 Å². The van der Waals surface area contributed by atoms with E-state index in [2.05, 4.69) is 5.32 Å². The molecule has 0 radical (unpaired) electrons. The molecule has 0 aliphatic carbocycles. The first kappa shape index (κ1) is 14.9.